The van der Waals surface area contributed by atoms with Crippen molar-refractivity contribution >= 4 is 0 Å². The summed E-state index contributed by atoms with van der Waals surface area (Å²) in [6.07, 6.45) is 0. The fourth-order valence-electron chi connectivity index (χ4n) is 3.27. The Morgan fingerprint density at radius 1 is 1.00 bits per heavy atom. The van der Waals surface area contributed by atoms with Gasteiger partial charge in [0.1, 0.15) is 0 Å². The lowest BCUT2D eigenvalue weighted by atomic mass is 9.60. The minimum Gasteiger partial charge on any atom is -0.300 e. The highest BCUT2D eigenvalue weighted by Gasteiger charge is 2.56. The van der Waals surface area contributed by atoms with Crippen molar-refractivity contribution in [2.45, 2.75) is 47.5 Å². The summed E-state index contributed by atoms with van der Waals surface area (Å²) in [5, 5.41) is 0. The number of nitrogens with zero attached hydrogens (tertiary/aromatic N) is 1. The zero-order valence-electron chi connectivity index (χ0n) is 12.3. The van der Waals surface area contributed by atoms with E-state index < -0.39 is 11.8 Å². The summed E-state index contributed by atoms with van der Waals surface area (Å²) in [6, 6.07) is 0. The Balaban J connectivity index is 3.15. The van der Waals surface area contributed by atoms with Crippen LogP contribution >= 0.6 is 0 Å². The van der Waals surface area contributed by atoms with E-state index in [9.17, 15) is 8.78 Å². The summed E-state index contributed by atoms with van der Waals surface area (Å²) >= 11 is 0. The molecule has 0 N–H and O–H groups in total. The summed E-state index contributed by atoms with van der Waals surface area (Å²) in [7, 11) is 1.80. The van der Waals surface area contributed by atoms with E-state index in [4.69, 9.17) is 0 Å². The summed E-state index contributed by atoms with van der Waals surface area (Å²) in [4.78, 5) is 1.78. The largest absolute Gasteiger partial charge is 0.300 e. The number of likely N-dealkylation sites (tertiary alicyclic amines) is 1. The van der Waals surface area contributed by atoms with Crippen LogP contribution in [0.25, 0.3) is 0 Å². The average molecular weight is 247 g/mol. The second-order valence-corrected chi connectivity index (χ2v) is 7.77. The highest BCUT2D eigenvalue weighted by Crippen LogP contribution is 2.51. The first-order valence-corrected chi connectivity index (χ1v) is 6.42. The third-order valence-corrected chi connectivity index (χ3v) is 3.89. The van der Waals surface area contributed by atoms with Crippen LogP contribution in [-0.4, -0.2) is 31.0 Å². The molecule has 1 aliphatic heterocycles. The summed E-state index contributed by atoms with van der Waals surface area (Å²) in [6.45, 7) is 12.7. The molecule has 0 aromatic rings. The minimum absolute atomic E-state index is 0.0243. The molecule has 0 aliphatic carbocycles. The van der Waals surface area contributed by atoms with Gasteiger partial charge in [-0.05, 0) is 23.8 Å². The topological polar surface area (TPSA) is 3.24 Å². The molecule has 0 bridgehead atoms. The number of hydrogen-bond donors (Lipinski definition) is 0. The summed E-state index contributed by atoms with van der Waals surface area (Å²) < 4.78 is 28.7. The third kappa shape index (κ3) is 3.18. The molecule has 2 unspecified atom stereocenters. The fraction of sp³-hybridized carbons (Fsp3) is 1.00. The van der Waals surface area contributed by atoms with Crippen LogP contribution in [-0.2, 0) is 0 Å². The van der Waals surface area contributed by atoms with E-state index >= 15 is 0 Å². The van der Waals surface area contributed by atoms with Crippen molar-refractivity contribution in [3.05, 3.63) is 0 Å². The van der Waals surface area contributed by atoms with E-state index in [-0.39, 0.29) is 23.3 Å². The minimum atomic E-state index is -2.59. The van der Waals surface area contributed by atoms with Gasteiger partial charge in [0.15, 0.2) is 0 Å². The molecule has 0 amide bonds. The molecule has 2 atom stereocenters. The zero-order valence-corrected chi connectivity index (χ0v) is 12.3. The molecule has 17 heavy (non-hydrogen) atoms. The predicted octanol–water partition coefficient (Wildman–Crippen LogP) is 3.89. The summed E-state index contributed by atoms with van der Waals surface area (Å²) in [5.74, 6) is -3.12. The van der Waals surface area contributed by atoms with Gasteiger partial charge in [-0.2, -0.15) is 0 Å². The molecule has 1 saturated heterocycles. The molecular formula is C14H27F2N. The first kappa shape index (κ1) is 14.9. The Bertz CT molecular complexity index is 273. The zero-order chi connectivity index (χ0) is 13.6. The Labute approximate surface area is 105 Å². The van der Waals surface area contributed by atoms with Crippen molar-refractivity contribution in [2.75, 3.05) is 20.1 Å². The normalized spacial score (nSPS) is 31.6. The first-order chi connectivity index (χ1) is 7.36. The van der Waals surface area contributed by atoms with Gasteiger partial charge in [-0.15, -0.1) is 0 Å². The molecule has 1 nitrogen and oxygen atoms in total. The third-order valence-electron chi connectivity index (χ3n) is 3.89. The molecule has 0 radical (unpaired) electrons. The number of alkyl halides is 2. The molecule has 0 spiro atoms. The van der Waals surface area contributed by atoms with Crippen LogP contribution in [0.4, 0.5) is 8.78 Å². The van der Waals surface area contributed by atoms with E-state index in [2.05, 4.69) is 20.8 Å². The van der Waals surface area contributed by atoms with Crippen LogP contribution in [0.5, 0.6) is 0 Å². The predicted molar refractivity (Wildman–Crippen MR) is 68.3 cm³/mol. The highest BCUT2D eigenvalue weighted by atomic mass is 19.3. The summed E-state index contributed by atoms with van der Waals surface area (Å²) in [5.41, 5.74) is -0.446. The van der Waals surface area contributed by atoms with Crippen LogP contribution in [0, 0.1) is 22.7 Å². The SMILES string of the molecule is CN1CC(C(C)(C)C)C(C(C)(C)C)C(F)(F)C1. The van der Waals surface area contributed by atoms with Gasteiger partial charge < -0.3 is 4.90 Å². The first-order valence-electron chi connectivity index (χ1n) is 6.42. The maximum absolute atomic E-state index is 14.4. The molecule has 1 heterocycles. The lowest BCUT2D eigenvalue weighted by Crippen LogP contribution is -2.59. The van der Waals surface area contributed by atoms with Gasteiger partial charge in [0.25, 0.3) is 5.92 Å². The van der Waals surface area contributed by atoms with E-state index in [1.165, 1.54) is 0 Å². The average Bonchev–Trinajstić information content (AvgIpc) is 1.94. The Morgan fingerprint density at radius 2 is 1.47 bits per heavy atom. The number of rotatable bonds is 0. The van der Waals surface area contributed by atoms with E-state index in [1.807, 2.05) is 20.8 Å². The molecule has 0 saturated carbocycles. The second kappa shape index (κ2) is 4.18. The number of hydrogen-bond acceptors (Lipinski definition) is 1. The van der Waals surface area contributed by atoms with Crippen LogP contribution in [0.3, 0.4) is 0 Å². The van der Waals surface area contributed by atoms with E-state index in [1.54, 1.807) is 11.9 Å². The maximum Gasteiger partial charge on any atom is 0.264 e. The lowest BCUT2D eigenvalue weighted by Gasteiger charge is -2.52. The quantitative estimate of drug-likeness (QED) is 0.627. The van der Waals surface area contributed by atoms with Gasteiger partial charge in [0.05, 0.1) is 6.54 Å². The van der Waals surface area contributed by atoms with Gasteiger partial charge in [-0.1, -0.05) is 41.5 Å². The van der Waals surface area contributed by atoms with E-state index in [0.717, 1.165) is 6.54 Å². The highest BCUT2D eigenvalue weighted by molar-refractivity contribution is 5.00. The van der Waals surface area contributed by atoms with Gasteiger partial charge in [0, 0.05) is 12.5 Å². The van der Waals surface area contributed by atoms with Gasteiger partial charge >= 0.3 is 0 Å². The monoisotopic (exact) mass is 247 g/mol. The smallest absolute Gasteiger partial charge is 0.264 e. The molecule has 1 fully saturated rings. The standard InChI is InChI=1S/C14H27F2N/c1-12(2,3)10-8-17(7)9-14(15,16)11(10)13(4,5)6/h10-11H,8-9H2,1-7H3. The lowest BCUT2D eigenvalue weighted by molar-refractivity contribution is -0.183. The molecule has 3 heteroatoms. The van der Waals surface area contributed by atoms with Crippen molar-refractivity contribution in [1.29, 1.82) is 0 Å². The Kier molecular flexibility index (Phi) is 3.66. The maximum atomic E-state index is 14.4. The van der Waals surface area contributed by atoms with Crippen molar-refractivity contribution in [2.24, 2.45) is 22.7 Å². The number of piperidine rings is 1. The fourth-order valence-corrected chi connectivity index (χ4v) is 3.27. The van der Waals surface area contributed by atoms with Crippen LogP contribution in [0.15, 0.2) is 0 Å². The second-order valence-electron chi connectivity index (χ2n) is 7.77. The number of halogens is 2. The molecular weight excluding hydrogens is 220 g/mol. The van der Waals surface area contributed by atoms with E-state index in [0.29, 0.717) is 0 Å². The molecule has 0 aromatic carbocycles. The van der Waals surface area contributed by atoms with Gasteiger partial charge in [0.2, 0.25) is 0 Å². The Morgan fingerprint density at radius 3 is 1.82 bits per heavy atom. The van der Waals surface area contributed by atoms with Crippen LogP contribution in [0.2, 0.25) is 0 Å². The van der Waals surface area contributed by atoms with Crippen molar-refractivity contribution in [1.82, 2.24) is 4.90 Å². The molecule has 102 valence electrons. The van der Waals surface area contributed by atoms with Crippen LogP contribution in [0.1, 0.15) is 41.5 Å². The molecule has 0 aromatic heterocycles. The van der Waals surface area contributed by atoms with Crippen molar-refractivity contribution < 1.29 is 8.78 Å². The van der Waals surface area contributed by atoms with Crippen molar-refractivity contribution in [3.63, 3.8) is 0 Å². The Hall–Kier alpha value is -0.180. The van der Waals surface area contributed by atoms with Gasteiger partial charge in [-0.25, -0.2) is 8.78 Å². The van der Waals surface area contributed by atoms with Gasteiger partial charge in [-0.3, -0.25) is 0 Å². The molecule has 1 aliphatic rings. The van der Waals surface area contributed by atoms with Crippen molar-refractivity contribution in [3.8, 4) is 0 Å². The van der Waals surface area contributed by atoms with Crippen LogP contribution < -0.4 is 0 Å². The molecule has 1 rings (SSSR count).